The van der Waals surface area contributed by atoms with E-state index in [0.717, 1.165) is 23.1 Å². The Bertz CT molecular complexity index is 683. The maximum absolute atomic E-state index is 11.5. The van der Waals surface area contributed by atoms with Crippen LogP contribution >= 0.6 is 11.6 Å². The zero-order valence-electron chi connectivity index (χ0n) is 13.7. The molecule has 128 valence electrons. The zero-order chi connectivity index (χ0) is 17.6. The molecule has 0 aliphatic heterocycles. The van der Waals surface area contributed by atoms with Gasteiger partial charge < -0.3 is 9.84 Å². The number of carbonyl (C=O) groups excluding carboxylic acids is 1. The van der Waals surface area contributed by atoms with E-state index < -0.39 is 11.7 Å². The predicted molar refractivity (Wildman–Crippen MR) is 95.6 cm³/mol. The Morgan fingerprint density at radius 3 is 2.54 bits per heavy atom. The van der Waals surface area contributed by atoms with E-state index in [0.29, 0.717) is 11.4 Å². The molecule has 1 unspecified atom stereocenters. The predicted octanol–water partition coefficient (Wildman–Crippen LogP) is 3.54. The van der Waals surface area contributed by atoms with Gasteiger partial charge in [-0.05, 0) is 48.6 Å². The lowest BCUT2D eigenvalue weighted by Gasteiger charge is -2.20. The van der Waals surface area contributed by atoms with Crippen molar-refractivity contribution in [3.05, 3.63) is 59.1 Å². The summed E-state index contributed by atoms with van der Waals surface area (Å²) < 4.78 is 4.76. The van der Waals surface area contributed by atoms with Crippen molar-refractivity contribution >= 4 is 17.6 Å². The highest BCUT2D eigenvalue weighted by molar-refractivity contribution is 6.30. The summed E-state index contributed by atoms with van der Waals surface area (Å²) in [7, 11) is 0. The van der Waals surface area contributed by atoms with Gasteiger partial charge in [-0.3, -0.25) is 5.73 Å². The van der Waals surface area contributed by atoms with Gasteiger partial charge in [-0.25, -0.2) is 4.79 Å². The van der Waals surface area contributed by atoms with Crippen molar-refractivity contribution in [2.24, 2.45) is 5.73 Å². The Kier molecular flexibility index (Phi) is 6.37. The summed E-state index contributed by atoms with van der Waals surface area (Å²) in [5.74, 6) is -0.777. The van der Waals surface area contributed by atoms with Gasteiger partial charge in [0.25, 0.3) is 0 Å². The second kappa shape index (κ2) is 8.29. The molecule has 4 nitrogen and oxygen atoms in total. The van der Waals surface area contributed by atoms with Gasteiger partial charge in [0.05, 0.1) is 6.61 Å². The van der Waals surface area contributed by atoms with Crippen molar-refractivity contribution < 1.29 is 14.6 Å². The van der Waals surface area contributed by atoms with Crippen LogP contribution in [0.5, 0.6) is 0 Å². The Hall–Kier alpha value is -1.88. The van der Waals surface area contributed by atoms with Crippen LogP contribution in [0.3, 0.4) is 0 Å². The molecule has 0 heterocycles. The van der Waals surface area contributed by atoms with Gasteiger partial charge in [-0.15, -0.1) is 0 Å². The molecule has 3 N–H and O–H groups in total. The zero-order valence-corrected chi connectivity index (χ0v) is 14.4. The van der Waals surface area contributed by atoms with E-state index in [9.17, 15) is 9.90 Å². The number of ether oxygens (including phenoxy) is 1. The van der Waals surface area contributed by atoms with Crippen LogP contribution in [0.15, 0.2) is 48.5 Å². The molecule has 0 saturated carbocycles. The molecule has 0 amide bonds. The fourth-order valence-electron chi connectivity index (χ4n) is 2.45. The van der Waals surface area contributed by atoms with Crippen molar-refractivity contribution in [1.29, 1.82) is 0 Å². The second-order valence-corrected chi connectivity index (χ2v) is 6.14. The second-order valence-electron chi connectivity index (χ2n) is 5.71. The number of carbonyl (C=O) groups is 1. The van der Waals surface area contributed by atoms with Gasteiger partial charge >= 0.3 is 5.97 Å². The summed E-state index contributed by atoms with van der Waals surface area (Å²) in [5, 5.41) is 10.6. The van der Waals surface area contributed by atoms with Crippen LogP contribution in [0.1, 0.15) is 25.3 Å². The quantitative estimate of drug-likeness (QED) is 0.593. The molecule has 0 fully saturated rings. The molecule has 0 spiro atoms. The summed E-state index contributed by atoms with van der Waals surface area (Å²) in [5.41, 5.74) is 6.93. The largest absolute Gasteiger partial charge is 0.463 e. The lowest BCUT2D eigenvalue weighted by atomic mass is 10.00. The average Bonchev–Trinajstić information content (AvgIpc) is 2.55. The van der Waals surface area contributed by atoms with Gasteiger partial charge in [-0.1, -0.05) is 48.0 Å². The normalized spacial score (nSPS) is 13.3. The van der Waals surface area contributed by atoms with E-state index in [-0.39, 0.29) is 13.0 Å². The van der Waals surface area contributed by atoms with Gasteiger partial charge in [0.2, 0.25) is 5.72 Å². The number of esters is 1. The first kappa shape index (κ1) is 18.5. The highest BCUT2D eigenvalue weighted by Gasteiger charge is 2.31. The first-order valence-corrected chi connectivity index (χ1v) is 8.33. The van der Waals surface area contributed by atoms with Crippen LogP contribution in [0.25, 0.3) is 11.1 Å². The third kappa shape index (κ3) is 5.06. The lowest BCUT2D eigenvalue weighted by molar-refractivity contribution is -0.165. The Labute approximate surface area is 147 Å². The summed E-state index contributed by atoms with van der Waals surface area (Å²) in [6.07, 6.45) is 1.46. The molecular weight excluding hydrogens is 326 g/mol. The molecule has 0 saturated heterocycles. The first-order valence-electron chi connectivity index (χ1n) is 7.96. The van der Waals surface area contributed by atoms with Crippen molar-refractivity contribution in [2.75, 3.05) is 6.61 Å². The molecule has 2 aromatic rings. The Morgan fingerprint density at radius 1 is 1.21 bits per heavy atom. The molecule has 0 aliphatic rings. The minimum atomic E-state index is -1.92. The summed E-state index contributed by atoms with van der Waals surface area (Å²) in [6.45, 7) is 1.87. The van der Waals surface area contributed by atoms with Crippen molar-refractivity contribution in [3.8, 4) is 11.1 Å². The standard InChI is InChI=1S/C19H22ClNO3/c1-2-24-18(22)19(21,23)12-4-5-14-8-10-15(11-9-14)16-6-3-7-17(20)13-16/h3,6-11,13,23H,2,4-5,12,21H2,1H3. The smallest absolute Gasteiger partial charge is 0.353 e. The van der Waals surface area contributed by atoms with Gasteiger partial charge in [0.15, 0.2) is 0 Å². The van der Waals surface area contributed by atoms with E-state index >= 15 is 0 Å². The summed E-state index contributed by atoms with van der Waals surface area (Å²) in [4.78, 5) is 11.5. The molecule has 5 heteroatoms. The fourth-order valence-corrected chi connectivity index (χ4v) is 2.64. The number of aliphatic hydroxyl groups is 1. The van der Waals surface area contributed by atoms with Crippen LogP contribution < -0.4 is 5.73 Å². The van der Waals surface area contributed by atoms with E-state index in [1.165, 1.54) is 0 Å². The number of hydrogen-bond donors (Lipinski definition) is 2. The number of benzene rings is 2. The Balaban J connectivity index is 1.92. The number of hydrogen-bond acceptors (Lipinski definition) is 4. The lowest BCUT2D eigenvalue weighted by Crippen LogP contribution is -2.49. The van der Waals surface area contributed by atoms with E-state index in [1.54, 1.807) is 6.92 Å². The van der Waals surface area contributed by atoms with Crippen molar-refractivity contribution in [1.82, 2.24) is 0 Å². The van der Waals surface area contributed by atoms with Crippen LogP contribution in [-0.4, -0.2) is 23.4 Å². The highest BCUT2D eigenvalue weighted by Crippen LogP contribution is 2.23. The van der Waals surface area contributed by atoms with Crippen LogP contribution in [0.2, 0.25) is 5.02 Å². The van der Waals surface area contributed by atoms with E-state index in [2.05, 4.69) is 0 Å². The fraction of sp³-hybridized carbons (Fsp3) is 0.316. The third-order valence-electron chi connectivity index (χ3n) is 3.76. The maximum atomic E-state index is 11.5. The van der Waals surface area contributed by atoms with Crippen molar-refractivity contribution in [3.63, 3.8) is 0 Å². The van der Waals surface area contributed by atoms with E-state index in [4.69, 9.17) is 22.1 Å². The molecule has 24 heavy (non-hydrogen) atoms. The highest BCUT2D eigenvalue weighted by atomic mass is 35.5. The molecule has 0 aliphatic carbocycles. The van der Waals surface area contributed by atoms with Gasteiger partial charge in [0.1, 0.15) is 0 Å². The monoisotopic (exact) mass is 347 g/mol. The van der Waals surface area contributed by atoms with Crippen LogP contribution in [0, 0.1) is 0 Å². The average molecular weight is 348 g/mol. The molecular formula is C19H22ClNO3. The minimum absolute atomic E-state index is 0.155. The maximum Gasteiger partial charge on any atom is 0.353 e. The first-order chi connectivity index (χ1) is 11.4. The van der Waals surface area contributed by atoms with E-state index in [1.807, 2.05) is 48.5 Å². The number of nitrogens with two attached hydrogens (primary N) is 1. The molecule has 2 rings (SSSR count). The molecule has 0 radical (unpaired) electrons. The number of rotatable bonds is 7. The number of halogens is 1. The number of aryl methyl sites for hydroxylation is 1. The third-order valence-corrected chi connectivity index (χ3v) is 4.00. The van der Waals surface area contributed by atoms with Crippen molar-refractivity contribution in [2.45, 2.75) is 31.9 Å². The Morgan fingerprint density at radius 2 is 1.92 bits per heavy atom. The molecule has 0 aromatic heterocycles. The van der Waals surface area contributed by atoms with Gasteiger partial charge in [-0.2, -0.15) is 0 Å². The van der Waals surface area contributed by atoms with Gasteiger partial charge in [0, 0.05) is 11.4 Å². The van der Waals surface area contributed by atoms with Crippen LogP contribution in [0.4, 0.5) is 0 Å². The molecule has 0 bridgehead atoms. The topological polar surface area (TPSA) is 72.5 Å². The molecule has 1 atom stereocenters. The molecule has 2 aromatic carbocycles. The SMILES string of the molecule is CCOC(=O)C(N)(O)CCCc1ccc(-c2cccc(Cl)c2)cc1. The summed E-state index contributed by atoms with van der Waals surface area (Å²) >= 11 is 6.01. The van der Waals surface area contributed by atoms with Crippen LogP contribution in [-0.2, 0) is 16.0 Å². The minimum Gasteiger partial charge on any atom is -0.463 e. The summed E-state index contributed by atoms with van der Waals surface area (Å²) in [6, 6.07) is 15.8.